The van der Waals surface area contributed by atoms with Crippen LogP contribution in [0.2, 0.25) is 0 Å². The fourth-order valence-corrected chi connectivity index (χ4v) is 3.43. The highest BCUT2D eigenvalue weighted by atomic mass is 16.5. The van der Waals surface area contributed by atoms with Crippen molar-refractivity contribution < 1.29 is 4.74 Å². The summed E-state index contributed by atoms with van der Waals surface area (Å²) < 4.78 is 6.12. The summed E-state index contributed by atoms with van der Waals surface area (Å²) in [5.41, 5.74) is 0. The molecule has 0 aromatic heterocycles. The molecule has 0 aromatic rings. The van der Waals surface area contributed by atoms with Gasteiger partial charge in [-0.25, -0.2) is 0 Å². The second-order valence-electron chi connectivity index (χ2n) is 4.77. The van der Waals surface area contributed by atoms with Gasteiger partial charge in [0.2, 0.25) is 0 Å². The quantitative estimate of drug-likeness (QED) is 0.518. The summed E-state index contributed by atoms with van der Waals surface area (Å²) in [6, 6.07) is 0. The van der Waals surface area contributed by atoms with Crippen LogP contribution in [-0.4, -0.2) is 12.2 Å². The topological polar surface area (TPSA) is 9.23 Å². The lowest BCUT2D eigenvalue weighted by Crippen LogP contribution is -2.25. The van der Waals surface area contributed by atoms with E-state index in [-0.39, 0.29) is 0 Å². The lowest BCUT2D eigenvalue weighted by atomic mass is 9.75. The fourth-order valence-electron chi connectivity index (χ4n) is 3.43. The highest BCUT2D eigenvalue weighted by Crippen LogP contribution is 2.45. The standard InChI is InChI=1S/C12H18O/c1-3-7-11-9(5-1)10-6-2-4-8-12(10)13-11/h1,3,9-12H,2,4-8H2. The molecule has 1 heteroatoms. The minimum absolute atomic E-state index is 0.582. The Labute approximate surface area is 80.2 Å². The van der Waals surface area contributed by atoms with Crippen LogP contribution in [0.1, 0.15) is 38.5 Å². The number of allylic oxidation sites excluding steroid dienone is 1. The van der Waals surface area contributed by atoms with Crippen molar-refractivity contribution in [1.29, 1.82) is 0 Å². The van der Waals surface area contributed by atoms with Crippen molar-refractivity contribution in [3.05, 3.63) is 12.2 Å². The van der Waals surface area contributed by atoms with Gasteiger partial charge in [-0.05, 0) is 37.5 Å². The summed E-state index contributed by atoms with van der Waals surface area (Å²) in [4.78, 5) is 0. The molecule has 2 aliphatic carbocycles. The molecule has 1 nitrogen and oxygen atoms in total. The molecular formula is C12H18O. The maximum Gasteiger partial charge on any atom is 0.0648 e. The molecule has 0 amide bonds. The van der Waals surface area contributed by atoms with Crippen LogP contribution < -0.4 is 0 Å². The van der Waals surface area contributed by atoms with Crippen LogP contribution in [0.25, 0.3) is 0 Å². The first-order chi connectivity index (χ1) is 6.45. The minimum atomic E-state index is 0.582. The van der Waals surface area contributed by atoms with E-state index in [2.05, 4.69) is 12.2 Å². The molecule has 13 heavy (non-hydrogen) atoms. The van der Waals surface area contributed by atoms with E-state index in [0.717, 1.165) is 11.8 Å². The van der Waals surface area contributed by atoms with Gasteiger partial charge in [0.05, 0.1) is 12.2 Å². The fraction of sp³-hybridized carbons (Fsp3) is 0.833. The molecule has 2 fully saturated rings. The molecule has 72 valence electrons. The van der Waals surface area contributed by atoms with E-state index >= 15 is 0 Å². The zero-order chi connectivity index (χ0) is 8.67. The van der Waals surface area contributed by atoms with Crippen LogP contribution in [0.4, 0.5) is 0 Å². The summed E-state index contributed by atoms with van der Waals surface area (Å²) in [6.07, 6.45) is 13.9. The molecule has 0 radical (unpaired) electrons. The predicted molar refractivity (Wildman–Crippen MR) is 52.5 cm³/mol. The van der Waals surface area contributed by atoms with Crippen LogP contribution in [0.5, 0.6) is 0 Å². The van der Waals surface area contributed by atoms with E-state index in [4.69, 9.17) is 4.74 Å². The summed E-state index contributed by atoms with van der Waals surface area (Å²) in [7, 11) is 0. The molecule has 1 aliphatic heterocycles. The van der Waals surface area contributed by atoms with Crippen molar-refractivity contribution in [2.24, 2.45) is 11.8 Å². The Morgan fingerprint density at radius 3 is 2.69 bits per heavy atom. The first-order valence-electron chi connectivity index (χ1n) is 5.75. The second-order valence-corrected chi connectivity index (χ2v) is 4.77. The average Bonchev–Trinajstić information content (AvgIpc) is 2.56. The van der Waals surface area contributed by atoms with Gasteiger partial charge in [-0.2, -0.15) is 0 Å². The third-order valence-electron chi connectivity index (χ3n) is 4.07. The van der Waals surface area contributed by atoms with E-state index in [1.807, 2.05) is 0 Å². The Kier molecular flexibility index (Phi) is 1.93. The van der Waals surface area contributed by atoms with Crippen LogP contribution in [0.15, 0.2) is 12.2 Å². The summed E-state index contributed by atoms with van der Waals surface area (Å²) in [5.74, 6) is 1.78. The van der Waals surface area contributed by atoms with Gasteiger partial charge in [0.1, 0.15) is 0 Å². The Morgan fingerprint density at radius 2 is 1.69 bits per heavy atom. The molecule has 0 aromatic carbocycles. The Bertz CT molecular complexity index is 221. The summed E-state index contributed by atoms with van der Waals surface area (Å²) in [6.45, 7) is 0. The lowest BCUT2D eigenvalue weighted by Gasteiger charge is -2.27. The third kappa shape index (κ3) is 1.25. The number of hydrogen-bond donors (Lipinski definition) is 0. The number of ether oxygens (including phenoxy) is 1. The number of hydrogen-bond acceptors (Lipinski definition) is 1. The van der Waals surface area contributed by atoms with Crippen molar-refractivity contribution in [3.63, 3.8) is 0 Å². The molecule has 0 N–H and O–H groups in total. The highest BCUT2D eigenvalue weighted by Gasteiger charge is 2.44. The predicted octanol–water partition coefficient (Wildman–Crippen LogP) is 2.91. The Morgan fingerprint density at radius 1 is 0.846 bits per heavy atom. The van der Waals surface area contributed by atoms with Gasteiger partial charge in [-0.1, -0.05) is 25.0 Å². The van der Waals surface area contributed by atoms with Gasteiger partial charge in [0, 0.05) is 0 Å². The molecule has 4 atom stereocenters. The lowest BCUT2D eigenvalue weighted by molar-refractivity contribution is 0.0166. The number of rotatable bonds is 0. The second kappa shape index (κ2) is 3.13. The van der Waals surface area contributed by atoms with E-state index < -0.39 is 0 Å². The zero-order valence-electron chi connectivity index (χ0n) is 8.11. The van der Waals surface area contributed by atoms with Gasteiger partial charge in [0.15, 0.2) is 0 Å². The highest BCUT2D eigenvalue weighted by molar-refractivity contribution is 5.03. The van der Waals surface area contributed by atoms with Crippen molar-refractivity contribution in [2.75, 3.05) is 0 Å². The summed E-state index contributed by atoms with van der Waals surface area (Å²) in [5, 5.41) is 0. The van der Waals surface area contributed by atoms with Crippen molar-refractivity contribution in [1.82, 2.24) is 0 Å². The van der Waals surface area contributed by atoms with Crippen LogP contribution >= 0.6 is 0 Å². The first kappa shape index (κ1) is 8.05. The van der Waals surface area contributed by atoms with E-state index in [0.29, 0.717) is 12.2 Å². The third-order valence-corrected chi connectivity index (χ3v) is 4.07. The maximum absolute atomic E-state index is 6.12. The molecule has 3 rings (SSSR count). The number of fused-ring (bicyclic) bond motifs is 3. The van der Waals surface area contributed by atoms with Gasteiger partial charge >= 0.3 is 0 Å². The molecule has 0 spiro atoms. The molecule has 3 aliphatic rings. The van der Waals surface area contributed by atoms with Crippen LogP contribution in [-0.2, 0) is 4.74 Å². The SMILES string of the molecule is C1=CCC2C(C1)OC1CCCCC12. The van der Waals surface area contributed by atoms with E-state index in [1.165, 1.54) is 38.5 Å². The molecular weight excluding hydrogens is 160 g/mol. The zero-order valence-corrected chi connectivity index (χ0v) is 8.11. The Hall–Kier alpha value is -0.300. The summed E-state index contributed by atoms with van der Waals surface area (Å²) >= 11 is 0. The van der Waals surface area contributed by atoms with Gasteiger partial charge < -0.3 is 4.74 Å². The Balaban J connectivity index is 1.80. The molecule has 1 saturated heterocycles. The molecule has 1 heterocycles. The van der Waals surface area contributed by atoms with Crippen LogP contribution in [0, 0.1) is 11.8 Å². The van der Waals surface area contributed by atoms with Crippen LogP contribution in [0.3, 0.4) is 0 Å². The largest absolute Gasteiger partial charge is 0.374 e. The van der Waals surface area contributed by atoms with Crippen molar-refractivity contribution in [2.45, 2.75) is 50.7 Å². The van der Waals surface area contributed by atoms with Gasteiger partial charge in [-0.15, -0.1) is 0 Å². The van der Waals surface area contributed by atoms with Gasteiger partial charge in [-0.3, -0.25) is 0 Å². The molecule has 4 unspecified atom stereocenters. The minimum Gasteiger partial charge on any atom is -0.374 e. The maximum atomic E-state index is 6.12. The normalized spacial score (nSPS) is 48.6. The van der Waals surface area contributed by atoms with Crippen molar-refractivity contribution in [3.8, 4) is 0 Å². The van der Waals surface area contributed by atoms with E-state index in [1.54, 1.807) is 0 Å². The average molecular weight is 178 g/mol. The van der Waals surface area contributed by atoms with Crippen molar-refractivity contribution >= 4 is 0 Å². The monoisotopic (exact) mass is 178 g/mol. The van der Waals surface area contributed by atoms with E-state index in [9.17, 15) is 0 Å². The first-order valence-corrected chi connectivity index (χ1v) is 5.75. The molecule has 1 saturated carbocycles. The van der Waals surface area contributed by atoms with Gasteiger partial charge in [0.25, 0.3) is 0 Å². The smallest absolute Gasteiger partial charge is 0.0648 e. The molecule has 0 bridgehead atoms.